The van der Waals surface area contributed by atoms with Crippen LogP contribution >= 0.6 is 7.60 Å². The molecule has 9 nitrogen and oxygen atoms in total. The quantitative estimate of drug-likeness (QED) is 0.633. The van der Waals surface area contributed by atoms with Gasteiger partial charge in [-0.15, -0.1) is 0 Å². The first-order chi connectivity index (χ1) is 12.2. The Morgan fingerprint density at radius 1 is 1.23 bits per heavy atom. The van der Waals surface area contributed by atoms with Crippen LogP contribution in [0.1, 0.15) is 27.7 Å². The number of hydrogen-bond donors (Lipinski definition) is 2. The molecule has 0 spiro atoms. The van der Waals surface area contributed by atoms with Crippen molar-refractivity contribution in [1.29, 1.82) is 0 Å². The molecule has 2 heterocycles. The van der Waals surface area contributed by atoms with Crippen molar-refractivity contribution in [3.8, 4) is 0 Å². The third-order valence-corrected chi connectivity index (χ3v) is 5.32. The molecule has 0 fully saturated rings. The van der Waals surface area contributed by atoms with Gasteiger partial charge in [0.25, 0.3) is 0 Å². The Bertz CT molecular complexity index is 791. The monoisotopic (exact) mass is 383 g/mol. The molecule has 144 valence electrons. The van der Waals surface area contributed by atoms with Gasteiger partial charge in [0, 0.05) is 18.3 Å². The number of rotatable bonds is 9. The fraction of sp³-hybridized carbons (Fsp3) is 0.562. The summed E-state index contributed by atoms with van der Waals surface area (Å²) >= 11 is 0. The molecular formula is C16H26N5O4P. The second kappa shape index (κ2) is 8.73. The van der Waals surface area contributed by atoms with Gasteiger partial charge in [0.05, 0.1) is 25.1 Å². The van der Waals surface area contributed by atoms with Gasteiger partial charge in [-0.05, 0) is 27.7 Å². The average molecular weight is 383 g/mol. The molecular weight excluding hydrogens is 357 g/mol. The highest BCUT2D eigenvalue weighted by atomic mass is 31.2. The number of fused-ring (bicyclic) bond motifs is 1. The summed E-state index contributed by atoms with van der Waals surface area (Å²) in [4.78, 5) is 12.3. The molecule has 2 rings (SSSR count). The fourth-order valence-corrected chi connectivity index (χ4v) is 4.19. The topological polar surface area (TPSA) is 125 Å². The third-order valence-electron chi connectivity index (χ3n) is 3.35. The molecule has 10 heteroatoms. The number of nitrogens with two attached hydrogens (primary N) is 1. The maximum absolute atomic E-state index is 12.8. The van der Waals surface area contributed by atoms with Crippen molar-refractivity contribution in [3.05, 3.63) is 24.5 Å². The highest BCUT2D eigenvalue weighted by Crippen LogP contribution is 2.52. The molecule has 2 aromatic heterocycles. The van der Waals surface area contributed by atoms with E-state index >= 15 is 0 Å². The van der Waals surface area contributed by atoms with E-state index in [9.17, 15) is 9.67 Å². The molecule has 2 aromatic rings. The lowest BCUT2D eigenvalue weighted by molar-refractivity contribution is 0.149. The highest BCUT2D eigenvalue weighted by molar-refractivity contribution is 7.57. The Balaban J connectivity index is 2.20. The minimum atomic E-state index is -3.41. The van der Waals surface area contributed by atoms with E-state index in [0.29, 0.717) is 23.5 Å². The maximum Gasteiger partial charge on any atom is 0.354 e. The molecule has 0 amide bonds. The van der Waals surface area contributed by atoms with Crippen molar-refractivity contribution < 1.29 is 18.7 Å². The van der Waals surface area contributed by atoms with Crippen LogP contribution in [0, 0.1) is 5.92 Å². The number of aliphatic hydroxyl groups excluding tert-OH is 1. The summed E-state index contributed by atoms with van der Waals surface area (Å²) < 4.78 is 25.6. The molecule has 0 aromatic carbocycles. The molecule has 0 bridgehead atoms. The number of imidazole rings is 1. The summed E-state index contributed by atoms with van der Waals surface area (Å²) in [6, 6.07) is 0. The van der Waals surface area contributed by atoms with Crippen molar-refractivity contribution in [1.82, 2.24) is 19.5 Å². The SMILES string of the molecule is CC(C)OP(=O)(/C=C/C(CO)Cn1cnc2c(N)ncnc21)OC(C)C. The van der Waals surface area contributed by atoms with Crippen LogP contribution in [0.2, 0.25) is 0 Å². The van der Waals surface area contributed by atoms with E-state index < -0.39 is 7.60 Å². The van der Waals surface area contributed by atoms with E-state index in [1.165, 1.54) is 12.1 Å². The van der Waals surface area contributed by atoms with Crippen LogP contribution in [0.15, 0.2) is 24.5 Å². The van der Waals surface area contributed by atoms with Crippen LogP contribution in [0.5, 0.6) is 0 Å². The van der Waals surface area contributed by atoms with Crippen LogP contribution < -0.4 is 5.73 Å². The van der Waals surface area contributed by atoms with Gasteiger partial charge in [-0.1, -0.05) is 6.08 Å². The number of nitrogens with zero attached hydrogens (tertiary/aromatic N) is 4. The van der Waals surface area contributed by atoms with E-state index in [0.717, 1.165) is 0 Å². The molecule has 0 aliphatic heterocycles. The van der Waals surface area contributed by atoms with Crippen LogP contribution in [0.3, 0.4) is 0 Å². The average Bonchev–Trinajstić information content (AvgIpc) is 2.94. The molecule has 0 aliphatic rings. The molecule has 1 unspecified atom stereocenters. The highest BCUT2D eigenvalue weighted by Gasteiger charge is 2.25. The first-order valence-electron chi connectivity index (χ1n) is 8.42. The number of aliphatic hydroxyl groups is 1. The Labute approximate surface area is 152 Å². The van der Waals surface area contributed by atoms with E-state index in [-0.39, 0.29) is 24.7 Å². The molecule has 0 saturated carbocycles. The Morgan fingerprint density at radius 2 is 1.88 bits per heavy atom. The first-order valence-corrected chi connectivity index (χ1v) is 10.0. The zero-order chi connectivity index (χ0) is 19.3. The van der Waals surface area contributed by atoms with E-state index in [2.05, 4.69) is 15.0 Å². The number of anilines is 1. The molecule has 0 saturated heterocycles. The zero-order valence-electron chi connectivity index (χ0n) is 15.4. The third kappa shape index (κ3) is 5.35. The van der Waals surface area contributed by atoms with Gasteiger partial charge in [0.15, 0.2) is 11.5 Å². The maximum atomic E-state index is 12.8. The largest absolute Gasteiger partial charge is 0.396 e. The minimum Gasteiger partial charge on any atom is -0.396 e. The molecule has 3 N–H and O–H groups in total. The lowest BCUT2D eigenvalue weighted by Crippen LogP contribution is -2.13. The lowest BCUT2D eigenvalue weighted by atomic mass is 10.1. The van der Waals surface area contributed by atoms with Gasteiger partial charge < -0.3 is 24.5 Å². The van der Waals surface area contributed by atoms with Crippen molar-refractivity contribution in [2.75, 3.05) is 12.3 Å². The second-order valence-electron chi connectivity index (χ2n) is 6.46. The summed E-state index contributed by atoms with van der Waals surface area (Å²) in [7, 11) is -3.41. The smallest absolute Gasteiger partial charge is 0.354 e. The predicted octanol–water partition coefficient (Wildman–Crippen LogP) is 2.57. The predicted molar refractivity (Wildman–Crippen MR) is 99.5 cm³/mol. The van der Waals surface area contributed by atoms with E-state index in [4.69, 9.17) is 14.8 Å². The zero-order valence-corrected chi connectivity index (χ0v) is 16.3. The minimum absolute atomic E-state index is 0.153. The number of aromatic nitrogens is 4. The Kier molecular flexibility index (Phi) is 6.88. The number of hydrogen-bond acceptors (Lipinski definition) is 8. The fourth-order valence-electron chi connectivity index (χ4n) is 2.37. The van der Waals surface area contributed by atoms with Crippen LogP contribution in [0.25, 0.3) is 11.2 Å². The lowest BCUT2D eigenvalue weighted by Gasteiger charge is -2.20. The van der Waals surface area contributed by atoms with Crippen LogP contribution in [-0.2, 0) is 20.2 Å². The summed E-state index contributed by atoms with van der Waals surface area (Å²) in [6.07, 6.45) is 4.08. The van der Waals surface area contributed by atoms with Gasteiger partial charge >= 0.3 is 7.60 Å². The van der Waals surface area contributed by atoms with Crippen LogP contribution in [-0.4, -0.2) is 43.4 Å². The van der Waals surface area contributed by atoms with Gasteiger partial charge in [-0.25, -0.2) is 15.0 Å². The Morgan fingerprint density at radius 3 is 2.46 bits per heavy atom. The first kappa shape index (κ1) is 20.5. The van der Waals surface area contributed by atoms with Gasteiger partial charge in [-0.2, -0.15) is 0 Å². The number of nitrogen functional groups attached to an aromatic ring is 1. The van der Waals surface area contributed by atoms with Crippen molar-refractivity contribution in [3.63, 3.8) is 0 Å². The van der Waals surface area contributed by atoms with E-state index in [1.54, 1.807) is 44.7 Å². The van der Waals surface area contributed by atoms with Crippen molar-refractivity contribution in [2.45, 2.75) is 46.4 Å². The molecule has 26 heavy (non-hydrogen) atoms. The van der Waals surface area contributed by atoms with Gasteiger partial charge in [0.1, 0.15) is 11.8 Å². The molecule has 0 aliphatic carbocycles. The summed E-state index contributed by atoms with van der Waals surface area (Å²) in [6.45, 7) is 7.37. The molecule has 0 radical (unpaired) electrons. The van der Waals surface area contributed by atoms with Crippen molar-refractivity contribution in [2.24, 2.45) is 5.92 Å². The Hall–Kier alpha value is -1.80. The second-order valence-corrected chi connectivity index (χ2v) is 8.26. The van der Waals surface area contributed by atoms with Crippen LogP contribution in [0.4, 0.5) is 5.82 Å². The van der Waals surface area contributed by atoms with Crippen molar-refractivity contribution >= 4 is 24.6 Å². The van der Waals surface area contributed by atoms with Gasteiger partial charge in [0.2, 0.25) is 0 Å². The summed E-state index contributed by atoms with van der Waals surface area (Å²) in [5.41, 5.74) is 6.86. The summed E-state index contributed by atoms with van der Waals surface area (Å²) in [5, 5.41) is 9.70. The normalized spacial score (nSPS) is 14.1. The molecule has 1 atom stereocenters. The summed E-state index contributed by atoms with van der Waals surface area (Å²) in [5.74, 6) is 1.38. The van der Waals surface area contributed by atoms with Gasteiger partial charge in [-0.3, -0.25) is 4.57 Å². The van der Waals surface area contributed by atoms with E-state index in [1.807, 2.05) is 0 Å². The standard InChI is InChI=1S/C16H26N5O4P/c1-11(2)24-26(23,25-12(3)4)6-5-13(8-22)7-21-10-20-14-15(17)18-9-19-16(14)21/h5-6,9-13,22H,7-8H2,1-4H3,(H2,17,18,19)/b6-5+.